The van der Waals surface area contributed by atoms with E-state index in [1.165, 1.54) is 5.57 Å². The first-order valence-electron chi connectivity index (χ1n) is 10.7. The van der Waals surface area contributed by atoms with Crippen LogP contribution in [-0.4, -0.2) is 41.6 Å². The third-order valence-electron chi connectivity index (χ3n) is 8.80. The Bertz CT molecular complexity index is 652. The maximum absolute atomic E-state index is 12.6. The lowest BCUT2D eigenvalue weighted by Crippen LogP contribution is -2.54. The van der Waals surface area contributed by atoms with Crippen LogP contribution in [0, 0.1) is 34.5 Å². The van der Waals surface area contributed by atoms with Gasteiger partial charge < -0.3 is 15.5 Å². The Morgan fingerprint density at radius 3 is 2.41 bits per heavy atom. The van der Waals surface area contributed by atoms with Gasteiger partial charge in [0, 0.05) is 19.3 Å². The molecule has 3 N–H and O–H groups in total. The van der Waals surface area contributed by atoms with Crippen molar-refractivity contribution >= 4 is 5.91 Å². The molecule has 0 unspecified atom stereocenters. The normalized spacial score (nSPS) is 43.1. The number of nitrogens with one attached hydrogen (secondary N) is 1. The van der Waals surface area contributed by atoms with Gasteiger partial charge >= 0.3 is 12.1 Å². The van der Waals surface area contributed by atoms with Crippen LogP contribution in [-0.2, 0) is 4.79 Å². The number of halogens is 3. The van der Waals surface area contributed by atoms with Crippen LogP contribution in [0.4, 0.5) is 13.2 Å². The number of carbonyl (C=O) groups is 1. The summed E-state index contributed by atoms with van der Waals surface area (Å²) in [5.74, 6) is -1.45. The van der Waals surface area contributed by atoms with Crippen LogP contribution < -0.4 is 5.32 Å². The molecular weight excluding hydrogens is 383 g/mol. The second-order valence-electron chi connectivity index (χ2n) is 9.99. The van der Waals surface area contributed by atoms with Gasteiger partial charge in [-0.25, -0.2) is 0 Å². The van der Waals surface area contributed by atoms with Gasteiger partial charge in [-0.05, 0) is 79.4 Å². The first-order valence-corrected chi connectivity index (χ1v) is 10.7. The zero-order chi connectivity index (χ0) is 21.6. The summed E-state index contributed by atoms with van der Waals surface area (Å²) >= 11 is 0. The number of aliphatic hydroxyl groups excluding tert-OH is 2. The van der Waals surface area contributed by atoms with Crippen molar-refractivity contribution in [3.63, 3.8) is 0 Å². The van der Waals surface area contributed by atoms with E-state index >= 15 is 0 Å². The zero-order valence-electron chi connectivity index (χ0n) is 17.4. The minimum absolute atomic E-state index is 0.0485. The SMILES string of the molecule is C=C1CC[C@H]2[C@H](CO)[C@@H]([C@@]3(C)CC[C@H](NC(=O)C(F)(F)F)C[C@@H]3CO)CC[C@]12C. The molecule has 0 spiro atoms. The second-order valence-corrected chi connectivity index (χ2v) is 9.99. The van der Waals surface area contributed by atoms with Crippen molar-refractivity contribution in [2.75, 3.05) is 13.2 Å². The Morgan fingerprint density at radius 1 is 1.14 bits per heavy atom. The Labute approximate surface area is 170 Å². The highest BCUT2D eigenvalue weighted by atomic mass is 19.4. The predicted molar refractivity (Wildman–Crippen MR) is 104 cm³/mol. The summed E-state index contributed by atoms with van der Waals surface area (Å²) in [7, 11) is 0. The highest BCUT2D eigenvalue weighted by Crippen LogP contribution is 2.63. The maximum Gasteiger partial charge on any atom is 0.471 e. The summed E-state index contributed by atoms with van der Waals surface area (Å²) < 4.78 is 37.9. The third-order valence-corrected chi connectivity index (χ3v) is 8.80. The lowest BCUT2D eigenvalue weighted by atomic mass is 9.49. The average molecular weight is 418 g/mol. The number of rotatable bonds is 4. The molecule has 3 saturated carbocycles. The molecule has 0 aliphatic heterocycles. The fraction of sp³-hybridized carbons (Fsp3) is 0.864. The maximum atomic E-state index is 12.6. The van der Waals surface area contributed by atoms with Crippen LogP contribution in [0.3, 0.4) is 0 Å². The molecule has 3 aliphatic carbocycles. The number of alkyl halides is 3. The summed E-state index contributed by atoms with van der Waals surface area (Å²) in [6.45, 7) is 8.60. The smallest absolute Gasteiger partial charge is 0.396 e. The molecule has 166 valence electrons. The molecule has 1 amide bonds. The van der Waals surface area contributed by atoms with Crippen LogP contribution in [0.5, 0.6) is 0 Å². The minimum Gasteiger partial charge on any atom is -0.396 e. The molecule has 0 aromatic heterocycles. The molecule has 3 fully saturated rings. The molecule has 0 aromatic carbocycles. The van der Waals surface area contributed by atoms with E-state index in [2.05, 4.69) is 25.7 Å². The fourth-order valence-corrected chi connectivity index (χ4v) is 6.86. The number of hydrogen-bond acceptors (Lipinski definition) is 3. The van der Waals surface area contributed by atoms with Crippen molar-refractivity contribution < 1.29 is 28.2 Å². The van der Waals surface area contributed by atoms with Crippen molar-refractivity contribution in [2.24, 2.45) is 34.5 Å². The summed E-state index contributed by atoms with van der Waals surface area (Å²) in [6.07, 6.45) is 0.444. The van der Waals surface area contributed by atoms with Crippen LogP contribution in [0.1, 0.15) is 58.8 Å². The van der Waals surface area contributed by atoms with Gasteiger partial charge in [-0.15, -0.1) is 0 Å². The van der Waals surface area contributed by atoms with Crippen LogP contribution in [0.2, 0.25) is 0 Å². The number of allylic oxidation sites excluding steroid dienone is 1. The molecule has 4 nitrogen and oxygen atoms in total. The Morgan fingerprint density at radius 2 is 1.83 bits per heavy atom. The summed E-state index contributed by atoms with van der Waals surface area (Å²) in [5, 5.41) is 22.5. The van der Waals surface area contributed by atoms with E-state index in [0.717, 1.165) is 25.7 Å². The first kappa shape index (κ1) is 22.6. The van der Waals surface area contributed by atoms with Gasteiger partial charge in [0.15, 0.2) is 0 Å². The molecule has 0 saturated heterocycles. The number of fused-ring (bicyclic) bond motifs is 1. The Balaban J connectivity index is 1.77. The molecule has 0 bridgehead atoms. The molecule has 7 heteroatoms. The van der Waals surface area contributed by atoms with Crippen molar-refractivity contribution in [3.8, 4) is 0 Å². The third kappa shape index (κ3) is 3.85. The van der Waals surface area contributed by atoms with Gasteiger partial charge in [0.1, 0.15) is 0 Å². The van der Waals surface area contributed by atoms with E-state index in [1.54, 1.807) is 0 Å². The number of aliphatic hydroxyl groups is 2. The van der Waals surface area contributed by atoms with E-state index in [1.807, 2.05) is 0 Å². The number of amides is 1. The van der Waals surface area contributed by atoms with Crippen molar-refractivity contribution in [3.05, 3.63) is 12.2 Å². The average Bonchev–Trinajstić information content (AvgIpc) is 2.96. The van der Waals surface area contributed by atoms with E-state index in [9.17, 15) is 28.2 Å². The molecule has 0 aromatic rings. The van der Waals surface area contributed by atoms with Gasteiger partial charge in [0.05, 0.1) is 0 Å². The second kappa shape index (κ2) is 7.88. The van der Waals surface area contributed by atoms with Crippen LogP contribution in [0.15, 0.2) is 12.2 Å². The van der Waals surface area contributed by atoms with Crippen LogP contribution >= 0.6 is 0 Å². The van der Waals surface area contributed by atoms with E-state index in [4.69, 9.17) is 0 Å². The Kier molecular flexibility index (Phi) is 6.14. The Hall–Kier alpha value is -1.08. The minimum atomic E-state index is -4.89. The number of carbonyl (C=O) groups excluding carboxylic acids is 1. The molecule has 3 aliphatic rings. The summed E-state index contributed by atoms with van der Waals surface area (Å²) in [5.41, 5.74) is 1.04. The molecule has 29 heavy (non-hydrogen) atoms. The lowest BCUT2D eigenvalue weighted by Gasteiger charge is -2.56. The summed E-state index contributed by atoms with van der Waals surface area (Å²) in [6, 6.07) is -0.581. The van der Waals surface area contributed by atoms with Gasteiger partial charge in [-0.2, -0.15) is 13.2 Å². The molecule has 7 atom stereocenters. The van der Waals surface area contributed by atoms with Crippen molar-refractivity contribution in [1.29, 1.82) is 0 Å². The van der Waals surface area contributed by atoms with Gasteiger partial charge in [0.25, 0.3) is 0 Å². The number of hydrogen-bond donors (Lipinski definition) is 3. The standard InChI is InChI=1S/C22H34F3NO3/c1-13-4-5-17-16(12-28)18(7-9-20(13,17)2)21(3)8-6-15(10-14(21)11-27)26-19(29)22(23,24)25/h14-18,27-28H,1,4-12H2,2-3H3,(H,26,29)/t14-,15+,16+,17+,18+,20-,21+/m1/s1. The van der Waals surface area contributed by atoms with E-state index in [0.29, 0.717) is 25.2 Å². The van der Waals surface area contributed by atoms with Gasteiger partial charge in [0.2, 0.25) is 0 Å². The van der Waals surface area contributed by atoms with E-state index in [-0.39, 0.29) is 41.8 Å². The van der Waals surface area contributed by atoms with Crippen LogP contribution in [0.25, 0.3) is 0 Å². The largest absolute Gasteiger partial charge is 0.471 e. The quantitative estimate of drug-likeness (QED) is 0.609. The highest BCUT2D eigenvalue weighted by molar-refractivity contribution is 5.81. The van der Waals surface area contributed by atoms with Crippen molar-refractivity contribution in [1.82, 2.24) is 5.32 Å². The predicted octanol–water partition coefficient (Wildman–Crippen LogP) is 3.82. The molecule has 0 heterocycles. The molecular formula is C22H34F3NO3. The fourth-order valence-electron chi connectivity index (χ4n) is 6.86. The lowest BCUT2D eigenvalue weighted by molar-refractivity contribution is -0.175. The molecule has 3 rings (SSSR count). The van der Waals surface area contributed by atoms with Crippen molar-refractivity contribution in [2.45, 2.75) is 71.0 Å². The summed E-state index contributed by atoms with van der Waals surface area (Å²) in [4.78, 5) is 11.3. The topological polar surface area (TPSA) is 69.6 Å². The molecule has 0 radical (unpaired) electrons. The monoisotopic (exact) mass is 417 g/mol. The van der Waals surface area contributed by atoms with Gasteiger partial charge in [-0.1, -0.05) is 26.0 Å². The van der Waals surface area contributed by atoms with Gasteiger partial charge in [-0.3, -0.25) is 4.79 Å². The highest BCUT2D eigenvalue weighted by Gasteiger charge is 2.56. The van der Waals surface area contributed by atoms with E-state index < -0.39 is 18.1 Å². The zero-order valence-corrected chi connectivity index (χ0v) is 17.4. The first-order chi connectivity index (χ1) is 13.5.